The van der Waals surface area contributed by atoms with Crippen molar-refractivity contribution in [3.8, 4) is 0 Å². The van der Waals surface area contributed by atoms with Gasteiger partial charge in [0.1, 0.15) is 0 Å². The fourth-order valence-corrected chi connectivity index (χ4v) is 2.02. The Morgan fingerprint density at radius 1 is 1.21 bits per heavy atom. The van der Waals surface area contributed by atoms with Gasteiger partial charge in [-0.15, -0.1) is 0 Å². The van der Waals surface area contributed by atoms with Crippen LogP contribution in [-0.2, 0) is 0 Å². The zero-order valence-electron chi connectivity index (χ0n) is 10.4. The zero-order chi connectivity index (χ0) is 11.2. The third-order valence-corrected chi connectivity index (χ3v) is 4.43. The van der Waals surface area contributed by atoms with Gasteiger partial charge < -0.3 is 5.32 Å². The molecule has 0 heterocycles. The molecule has 3 heteroatoms. The van der Waals surface area contributed by atoms with E-state index in [1.54, 1.807) is 0 Å². The second-order valence-electron chi connectivity index (χ2n) is 4.78. The van der Waals surface area contributed by atoms with Gasteiger partial charge in [0.15, 0.2) is 0 Å². The van der Waals surface area contributed by atoms with Gasteiger partial charge in [0.05, 0.1) is 0 Å². The van der Waals surface area contributed by atoms with E-state index in [4.69, 9.17) is 0 Å². The molecular weight excluding hydrogens is 210 g/mol. The van der Waals surface area contributed by atoms with Crippen LogP contribution in [0.25, 0.3) is 0 Å². The van der Waals surface area contributed by atoms with Crippen LogP contribution in [0, 0.1) is 0 Å². The Balaban J connectivity index is 3.51. The maximum absolute atomic E-state index is 3.56. The minimum atomic E-state index is 0.390. The molecule has 0 radical (unpaired) electrons. The van der Waals surface area contributed by atoms with Crippen molar-refractivity contribution in [2.75, 3.05) is 18.6 Å². The molecule has 0 aliphatic rings. The van der Waals surface area contributed by atoms with E-state index in [1.165, 1.54) is 5.75 Å². The molecule has 0 amide bonds. The first kappa shape index (κ1) is 14.7. The average Bonchev–Trinajstić information content (AvgIpc) is 2.09. The normalized spacial score (nSPS) is 16.7. The van der Waals surface area contributed by atoms with E-state index >= 15 is 0 Å². The Hall–Kier alpha value is 0.660. The lowest BCUT2D eigenvalue weighted by Gasteiger charge is -2.22. The molecule has 2 atom stereocenters. The molecule has 86 valence electrons. The van der Waals surface area contributed by atoms with Gasteiger partial charge in [0.2, 0.25) is 0 Å². The molecule has 1 nitrogen and oxygen atoms in total. The molecule has 0 rings (SSSR count). The largest absolute Gasteiger partial charge is 0.312 e. The fourth-order valence-electron chi connectivity index (χ4n) is 0.884. The lowest BCUT2D eigenvalue weighted by atomic mass is 10.3. The first-order valence-corrected chi connectivity index (χ1v) is 7.52. The molecule has 2 unspecified atom stereocenters. The van der Waals surface area contributed by atoms with E-state index in [-0.39, 0.29) is 0 Å². The Morgan fingerprint density at radius 2 is 1.79 bits per heavy atom. The molecule has 0 spiro atoms. The van der Waals surface area contributed by atoms with Crippen LogP contribution in [0.5, 0.6) is 0 Å². The molecule has 0 fully saturated rings. The van der Waals surface area contributed by atoms with Crippen LogP contribution in [0.15, 0.2) is 0 Å². The van der Waals surface area contributed by atoms with Crippen LogP contribution in [0.2, 0.25) is 0 Å². The van der Waals surface area contributed by atoms with Gasteiger partial charge in [0, 0.05) is 28.3 Å². The van der Waals surface area contributed by atoms with Crippen molar-refractivity contribution in [2.24, 2.45) is 0 Å². The standard InChI is InChI=1S/C11H25NS2/c1-9(8-14-11(3,4)5)12-7-10(2)13-6/h9-10,12H,7-8H2,1-6H3. The summed E-state index contributed by atoms with van der Waals surface area (Å²) in [5.74, 6) is 1.20. The predicted molar refractivity (Wildman–Crippen MR) is 72.7 cm³/mol. The van der Waals surface area contributed by atoms with Crippen LogP contribution in [0.1, 0.15) is 34.6 Å². The first-order valence-electron chi connectivity index (χ1n) is 5.25. The Bertz CT molecular complexity index is 143. The Labute approximate surface area is 98.2 Å². The van der Waals surface area contributed by atoms with Crippen molar-refractivity contribution in [2.45, 2.75) is 50.7 Å². The summed E-state index contributed by atoms with van der Waals surface area (Å²) in [5, 5.41) is 4.28. The molecule has 0 saturated carbocycles. The van der Waals surface area contributed by atoms with Gasteiger partial charge in [0.25, 0.3) is 0 Å². The van der Waals surface area contributed by atoms with Gasteiger partial charge in [-0.2, -0.15) is 23.5 Å². The van der Waals surface area contributed by atoms with E-state index in [0.717, 1.165) is 11.8 Å². The van der Waals surface area contributed by atoms with E-state index in [9.17, 15) is 0 Å². The second-order valence-corrected chi connectivity index (χ2v) is 7.90. The topological polar surface area (TPSA) is 12.0 Å². The molecule has 1 N–H and O–H groups in total. The van der Waals surface area contributed by atoms with Crippen LogP contribution < -0.4 is 5.32 Å². The highest BCUT2D eigenvalue weighted by Crippen LogP contribution is 2.23. The molecular formula is C11H25NS2. The second kappa shape index (κ2) is 7.02. The maximum atomic E-state index is 3.56. The Morgan fingerprint density at radius 3 is 2.21 bits per heavy atom. The average molecular weight is 235 g/mol. The summed E-state index contributed by atoms with van der Waals surface area (Å²) < 4.78 is 0.390. The smallest absolute Gasteiger partial charge is 0.0141 e. The third kappa shape index (κ3) is 9.22. The summed E-state index contributed by atoms with van der Waals surface area (Å²) in [6.45, 7) is 12.5. The number of hydrogen-bond acceptors (Lipinski definition) is 3. The summed E-state index contributed by atoms with van der Waals surface area (Å²) in [7, 11) is 0. The molecule has 0 aliphatic carbocycles. The first-order chi connectivity index (χ1) is 6.35. The third-order valence-electron chi connectivity index (χ3n) is 1.92. The number of hydrogen-bond donors (Lipinski definition) is 1. The van der Waals surface area contributed by atoms with E-state index in [2.05, 4.69) is 46.2 Å². The highest BCUT2D eigenvalue weighted by Gasteiger charge is 2.12. The lowest BCUT2D eigenvalue weighted by Crippen LogP contribution is -2.34. The zero-order valence-corrected chi connectivity index (χ0v) is 12.0. The van der Waals surface area contributed by atoms with Crippen LogP contribution in [-0.4, -0.2) is 34.6 Å². The number of rotatable bonds is 6. The summed E-state index contributed by atoms with van der Waals surface area (Å²) in [5.41, 5.74) is 0. The lowest BCUT2D eigenvalue weighted by molar-refractivity contribution is 0.594. The molecule has 0 saturated heterocycles. The monoisotopic (exact) mass is 235 g/mol. The van der Waals surface area contributed by atoms with Crippen molar-refractivity contribution in [3.05, 3.63) is 0 Å². The summed E-state index contributed by atoms with van der Waals surface area (Å²) >= 11 is 3.95. The van der Waals surface area contributed by atoms with Crippen LogP contribution in [0.3, 0.4) is 0 Å². The number of nitrogens with one attached hydrogen (secondary N) is 1. The van der Waals surface area contributed by atoms with Crippen molar-refractivity contribution in [3.63, 3.8) is 0 Å². The van der Waals surface area contributed by atoms with Gasteiger partial charge in [-0.3, -0.25) is 0 Å². The van der Waals surface area contributed by atoms with Crippen LogP contribution >= 0.6 is 23.5 Å². The minimum absolute atomic E-state index is 0.390. The fraction of sp³-hybridized carbons (Fsp3) is 1.00. The predicted octanol–water partition coefficient (Wildman–Crippen LogP) is 3.25. The van der Waals surface area contributed by atoms with Crippen LogP contribution in [0.4, 0.5) is 0 Å². The minimum Gasteiger partial charge on any atom is -0.312 e. The van der Waals surface area contributed by atoms with Crippen molar-refractivity contribution >= 4 is 23.5 Å². The summed E-state index contributed by atoms with van der Waals surface area (Å²) in [4.78, 5) is 0. The SMILES string of the molecule is CSC(C)CNC(C)CSC(C)(C)C. The molecule has 0 aromatic heterocycles. The van der Waals surface area contributed by atoms with E-state index < -0.39 is 0 Å². The van der Waals surface area contributed by atoms with E-state index in [0.29, 0.717) is 10.8 Å². The van der Waals surface area contributed by atoms with Crippen molar-refractivity contribution in [1.29, 1.82) is 0 Å². The highest BCUT2D eigenvalue weighted by molar-refractivity contribution is 8.00. The molecule has 0 aromatic rings. The van der Waals surface area contributed by atoms with Gasteiger partial charge in [-0.05, 0) is 13.2 Å². The van der Waals surface area contributed by atoms with Crippen molar-refractivity contribution < 1.29 is 0 Å². The maximum Gasteiger partial charge on any atom is 0.0141 e. The molecule has 0 aliphatic heterocycles. The van der Waals surface area contributed by atoms with Gasteiger partial charge in [-0.1, -0.05) is 27.7 Å². The molecule has 0 bridgehead atoms. The number of thioether (sulfide) groups is 2. The van der Waals surface area contributed by atoms with Gasteiger partial charge in [-0.25, -0.2) is 0 Å². The van der Waals surface area contributed by atoms with E-state index in [1.807, 2.05) is 23.5 Å². The quantitative estimate of drug-likeness (QED) is 0.759. The Kier molecular flexibility index (Phi) is 7.35. The summed E-state index contributed by atoms with van der Waals surface area (Å²) in [6.07, 6.45) is 2.17. The highest BCUT2D eigenvalue weighted by atomic mass is 32.2. The molecule has 14 heavy (non-hydrogen) atoms. The van der Waals surface area contributed by atoms with Gasteiger partial charge >= 0.3 is 0 Å². The summed E-state index contributed by atoms with van der Waals surface area (Å²) in [6, 6.07) is 0.619. The van der Waals surface area contributed by atoms with Crippen molar-refractivity contribution in [1.82, 2.24) is 5.32 Å². The molecule has 0 aromatic carbocycles.